The molecular formula is C12H14N6OS. The van der Waals surface area contributed by atoms with Crippen LogP contribution in [0.1, 0.15) is 40.0 Å². The number of fused-ring (bicyclic) bond motifs is 1. The molecule has 2 N–H and O–H groups in total. The van der Waals surface area contributed by atoms with Crippen LogP contribution in [0.15, 0.2) is 6.20 Å². The fourth-order valence-corrected chi connectivity index (χ4v) is 2.90. The van der Waals surface area contributed by atoms with Gasteiger partial charge in [0, 0.05) is 18.3 Å². The number of rotatable bonds is 3. The van der Waals surface area contributed by atoms with E-state index in [4.69, 9.17) is 5.73 Å². The summed E-state index contributed by atoms with van der Waals surface area (Å²) in [6, 6.07) is 0. The first-order valence-corrected chi connectivity index (χ1v) is 7.17. The second-order valence-corrected chi connectivity index (χ2v) is 5.41. The first-order valence-electron chi connectivity index (χ1n) is 6.39. The van der Waals surface area contributed by atoms with Crippen molar-refractivity contribution >= 4 is 23.4 Å². The molecule has 0 saturated heterocycles. The highest BCUT2D eigenvalue weighted by Crippen LogP contribution is 2.24. The number of anilines is 1. The maximum Gasteiger partial charge on any atom is 0.268 e. The van der Waals surface area contributed by atoms with Gasteiger partial charge in [0.1, 0.15) is 4.88 Å². The van der Waals surface area contributed by atoms with Crippen molar-refractivity contribution in [1.82, 2.24) is 24.5 Å². The summed E-state index contributed by atoms with van der Waals surface area (Å²) < 4.78 is 3.89. The van der Waals surface area contributed by atoms with Gasteiger partial charge in [-0.05, 0) is 18.0 Å². The number of nitrogens with zero attached hydrogens (tertiary/aromatic N) is 5. The molecule has 20 heavy (non-hydrogen) atoms. The summed E-state index contributed by atoms with van der Waals surface area (Å²) in [5, 5.41) is 4.03. The molecule has 104 valence electrons. The molecule has 1 aliphatic heterocycles. The van der Waals surface area contributed by atoms with Gasteiger partial charge in [0.15, 0.2) is 0 Å². The molecule has 0 radical (unpaired) electrons. The first-order chi connectivity index (χ1) is 9.69. The minimum atomic E-state index is -0.0416. The summed E-state index contributed by atoms with van der Waals surface area (Å²) in [7, 11) is 0. The normalized spacial score (nSPS) is 13.6. The number of nitrogens with two attached hydrogens (primary N) is 1. The molecule has 0 aromatic carbocycles. The minimum absolute atomic E-state index is 0.0416. The number of carbonyl (C=O) groups is 1. The number of hydrogen-bond donors (Lipinski definition) is 1. The van der Waals surface area contributed by atoms with Crippen LogP contribution in [0.3, 0.4) is 0 Å². The molecule has 3 rings (SSSR count). The van der Waals surface area contributed by atoms with Crippen LogP contribution in [0.4, 0.5) is 5.95 Å². The molecule has 1 amide bonds. The Labute approximate surface area is 120 Å². The van der Waals surface area contributed by atoms with Crippen molar-refractivity contribution in [2.45, 2.75) is 32.9 Å². The maximum absolute atomic E-state index is 12.5. The van der Waals surface area contributed by atoms with Crippen molar-refractivity contribution in [2.24, 2.45) is 0 Å². The van der Waals surface area contributed by atoms with E-state index in [0.29, 0.717) is 18.0 Å². The van der Waals surface area contributed by atoms with E-state index in [1.165, 1.54) is 0 Å². The molecule has 8 heteroatoms. The summed E-state index contributed by atoms with van der Waals surface area (Å²) in [6.45, 7) is 3.03. The lowest BCUT2D eigenvalue weighted by Crippen LogP contribution is -2.25. The molecule has 0 fully saturated rings. The Morgan fingerprint density at radius 3 is 3.15 bits per heavy atom. The average molecular weight is 290 g/mol. The Kier molecular flexibility index (Phi) is 3.31. The fraction of sp³-hybridized carbons (Fsp3) is 0.417. The zero-order valence-corrected chi connectivity index (χ0v) is 11.9. The lowest BCUT2D eigenvalue weighted by molar-refractivity contribution is 0.0754. The van der Waals surface area contributed by atoms with Gasteiger partial charge in [-0.3, -0.25) is 4.79 Å². The van der Waals surface area contributed by atoms with Crippen LogP contribution < -0.4 is 5.73 Å². The number of hydrogen-bond acceptors (Lipinski definition) is 7. The van der Waals surface area contributed by atoms with E-state index in [1.807, 2.05) is 0 Å². The Morgan fingerprint density at radius 2 is 2.35 bits per heavy atom. The highest BCUT2D eigenvalue weighted by Gasteiger charge is 2.28. The first kappa shape index (κ1) is 12.9. The van der Waals surface area contributed by atoms with Crippen molar-refractivity contribution in [3.8, 4) is 0 Å². The Hall–Kier alpha value is -2.09. The van der Waals surface area contributed by atoms with Crippen molar-refractivity contribution in [1.29, 1.82) is 0 Å². The third-order valence-corrected chi connectivity index (χ3v) is 3.95. The molecule has 0 aliphatic carbocycles. The third-order valence-electron chi connectivity index (χ3n) is 3.20. The molecule has 0 spiro atoms. The van der Waals surface area contributed by atoms with Crippen LogP contribution >= 0.6 is 11.5 Å². The van der Waals surface area contributed by atoms with Gasteiger partial charge >= 0.3 is 0 Å². The number of aryl methyl sites for hydroxylation is 1. The highest BCUT2D eigenvalue weighted by atomic mass is 32.1. The van der Waals surface area contributed by atoms with Crippen LogP contribution in [0.5, 0.6) is 0 Å². The summed E-state index contributed by atoms with van der Waals surface area (Å²) in [5.41, 5.74) is 8.11. The topological polar surface area (TPSA) is 97.9 Å². The van der Waals surface area contributed by atoms with Crippen molar-refractivity contribution in [3.05, 3.63) is 28.0 Å². The van der Waals surface area contributed by atoms with E-state index in [9.17, 15) is 4.79 Å². The van der Waals surface area contributed by atoms with Crippen LogP contribution in [-0.2, 0) is 19.5 Å². The van der Waals surface area contributed by atoms with Gasteiger partial charge in [-0.2, -0.15) is 0 Å². The van der Waals surface area contributed by atoms with Gasteiger partial charge < -0.3 is 10.6 Å². The van der Waals surface area contributed by atoms with E-state index in [-0.39, 0.29) is 11.9 Å². The number of carbonyl (C=O) groups excluding carboxylic acids is 1. The quantitative estimate of drug-likeness (QED) is 0.906. The van der Waals surface area contributed by atoms with E-state index in [0.717, 1.165) is 41.3 Å². The van der Waals surface area contributed by atoms with E-state index in [1.54, 1.807) is 11.1 Å². The molecule has 0 unspecified atom stereocenters. The van der Waals surface area contributed by atoms with Gasteiger partial charge in [0.2, 0.25) is 5.95 Å². The number of nitrogen functional groups attached to an aromatic ring is 1. The SMILES string of the molecule is CCCc1nnsc1C(=O)N1Cc2cnc(N)nc2C1. The van der Waals surface area contributed by atoms with Gasteiger partial charge in [-0.15, -0.1) is 5.10 Å². The zero-order chi connectivity index (χ0) is 14.1. The van der Waals surface area contributed by atoms with E-state index in [2.05, 4.69) is 26.5 Å². The average Bonchev–Trinajstić information content (AvgIpc) is 3.04. The summed E-state index contributed by atoms with van der Waals surface area (Å²) in [6.07, 6.45) is 3.39. The van der Waals surface area contributed by atoms with Gasteiger partial charge in [-0.1, -0.05) is 17.8 Å². The lowest BCUT2D eigenvalue weighted by Gasteiger charge is -2.13. The summed E-state index contributed by atoms with van der Waals surface area (Å²) in [4.78, 5) is 23.0. The Balaban J connectivity index is 1.82. The van der Waals surface area contributed by atoms with Crippen molar-refractivity contribution in [2.75, 3.05) is 5.73 Å². The lowest BCUT2D eigenvalue weighted by atomic mass is 10.2. The van der Waals surface area contributed by atoms with Crippen molar-refractivity contribution in [3.63, 3.8) is 0 Å². The third kappa shape index (κ3) is 2.22. The van der Waals surface area contributed by atoms with E-state index >= 15 is 0 Å². The number of aromatic nitrogens is 4. The van der Waals surface area contributed by atoms with Crippen LogP contribution in [0.25, 0.3) is 0 Å². The molecule has 2 aromatic heterocycles. The molecule has 3 heterocycles. The van der Waals surface area contributed by atoms with Crippen molar-refractivity contribution < 1.29 is 4.79 Å². The molecule has 1 aliphatic rings. The molecule has 0 bridgehead atoms. The molecule has 2 aromatic rings. The fourth-order valence-electron chi connectivity index (χ4n) is 2.23. The monoisotopic (exact) mass is 290 g/mol. The summed E-state index contributed by atoms with van der Waals surface area (Å²) >= 11 is 1.15. The maximum atomic E-state index is 12.5. The van der Waals surface area contributed by atoms with Gasteiger partial charge in [-0.25, -0.2) is 9.97 Å². The standard InChI is InChI=1S/C12H14N6OS/c1-2-3-8-10(20-17-16-8)11(19)18-5-7-4-14-12(13)15-9(7)6-18/h4H,2-3,5-6H2,1H3,(H2,13,14,15). The minimum Gasteiger partial charge on any atom is -0.368 e. The molecular weight excluding hydrogens is 276 g/mol. The highest BCUT2D eigenvalue weighted by molar-refractivity contribution is 7.08. The second-order valence-electron chi connectivity index (χ2n) is 4.66. The predicted molar refractivity (Wildman–Crippen MR) is 73.9 cm³/mol. The largest absolute Gasteiger partial charge is 0.368 e. The van der Waals surface area contributed by atoms with Gasteiger partial charge in [0.25, 0.3) is 5.91 Å². The zero-order valence-electron chi connectivity index (χ0n) is 11.0. The van der Waals surface area contributed by atoms with E-state index < -0.39 is 0 Å². The smallest absolute Gasteiger partial charge is 0.268 e. The Morgan fingerprint density at radius 1 is 1.50 bits per heavy atom. The molecule has 0 saturated carbocycles. The second kappa shape index (κ2) is 5.12. The number of amides is 1. The van der Waals surface area contributed by atoms with Crippen LogP contribution in [0.2, 0.25) is 0 Å². The predicted octanol–water partition coefficient (Wildman–Crippen LogP) is 1.02. The van der Waals surface area contributed by atoms with Crippen LogP contribution in [-0.4, -0.2) is 30.4 Å². The summed E-state index contributed by atoms with van der Waals surface area (Å²) in [5.74, 6) is 0.198. The van der Waals surface area contributed by atoms with Crippen LogP contribution in [0, 0.1) is 0 Å². The molecule has 0 atom stereocenters. The van der Waals surface area contributed by atoms with Gasteiger partial charge in [0.05, 0.1) is 17.9 Å². The Bertz CT molecular complexity index is 655. The molecule has 7 nitrogen and oxygen atoms in total.